The van der Waals surface area contributed by atoms with Crippen molar-refractivity contribution in [2.24, 2.45) is 4.99 Å². The first-order chi connectivity index (χ1) is 16.7. The minimum atomic E-state index is -4.45. The second kappa shape index (κ2) is 10.8. The summed E-state index contributed by atoms with van der Waals surface area (Å²) in [7, 11) is 0. The molecule has 4 rings (SSSR count). The molecular weight excluding hydrogens is 590 g/mol. The van der Waals surface area contributed by atoms with Crippen LogP contribution in [0.2, 0.25) is 0 Å². The van der Waals surface area contributed by atoms with Gasteiger partial charge in [-0.15, -0.1) is 0 Å². The van der Waals surface area contributed by atoms with Gasteiger partial charge in [0.15, 0.2) is 5.17 Å². The molecule has 3 aromatic carbocycles. The van der Waals surface area contributed by atoms with Crippen LogP contribution >= 0.6 is 34.4 Å². The van der Waals surface area contributed by atoms with Crippen molar-refractivity contribution >= 4 is 62.7 Å². The zero-order chi connectivity index (χ0) is 25.0. The molecule has 1 heterocycles. The van der Waals surface area contributed by atoms with E-state index in [4.69, 9.17) is 0 Å². The first kappa shape index (κ1) is 25.2. The maximum absolute atomic E-state index is 13.2. The third-order valence-corrected chi connectivity index (χ3v) is 7.02. The van der Waals surface area contributed by atoms with Gasteiger partial charge in [0.05, 0.1) is 17.8 Å². The van der Waals surface area contributed by atoms with Crippen LogP contribution < -0.4 is 5.32 Å². The van der Waals surface area contributed by atoms with E-state index in [0.29, 0.717) is 10.9 Å². The lowest BCUT2D eigenvalue weighted by atomic mass is 10.2. The molecule has 1 N–H and O–H groups in total. The highest BCUT2D eigenvalue weighted by atomic mass is 127. The van der Waals surface area contributed by atoms with Crippen molar-refractivity contribution in [3.05, 3.63) is 93.6 Å². The second-order valence-electron chi connectivity index (χ2n) is 7.71. The minimum Gasteiger partial charge on any atom is -0.326 e. The summed E-state index contributed by atoms with van der Waals surface area (Å²) in [5.41, 5.74) is 1.01. The van der Waals surface area contributed by atoms with Crippen LogP contribution in [0.4, 0.5) is 24.5 Å². The molecule has 0 aromatic heterocycles. The lowest BCUT2D eigenvalue weighted by Gasteiger charge is -2.16. The summed E-state index contributed by atoms with van der Waals surface area (Å²) in [5, 5.41) is 2.43. The van der Waals surface area contributed by atoms with Crippen molar-refractivity contribution in [2.45, 2.75) is 24.4 Å². The Balaban J connectivity index is 1.54. The Hall–Kier alpha value is -2.86. The van der Waals surface area contributed by atoms with Crippen LogP contribution in [0.1, 0.15) is 17.5 Å². The van der Waals surface area contributed by atoms with E-state index in [1.54, 1.807) is 12.1 Å². The van der Waals surface area contributed by atoms with Crippen LogP contribution in [0.3, 0.4) is 0 Å². The van der Waals surface area contributed by atoms with Gasteiger partial charge in [-0.05, 0) is 76.7 Å². The van der Waals surface area contributed by atoms with Gasteiger partial charge in [0.2, 0.25) is 11.8 Å². The standard InChI is InChI=1S/C25H19F3IN3O2S/c26-25(27,28)17-6-10-20(11-7-17)31-24-32(15-16-4-2-1-3-5-16)23(34)21(35-24)14-22(33)30-19-12-8-18(29)9-13-19/h1-13,21H,14-15H2,(H,30,33)/t21-/m0/s1. The number of carbonyl (C=O) groups excluding carboxylic acids is 2. The van der Waals surface area contributed by atoms with Gasteiger partial charge in [0, 0.05) is 15.7 Å². The molecular formula is C25H19F3IN3O2S. The van der Waals surface area contributed by atoms with Crippen LogP contribution in [0, 0.1) is 3.57 Å². The Labute approximate surface area is 218 Å². The van der Waals surface area contributed by atoms with E-state index in [1.165, 1.54) is 17.0 Å². The number of rotatable bonds is 6. The number of nitrogens with one attached hydrogen (secondary N) is 1. The summed E-state index contributed by atoms with van der Waals surface area (Å²) >= 11 is 3.30. The van der Waals surface area contributed by atoms with Gasteiger partial charge in [-0.2, -0.15) is 13.2 Å². The number of alkyl halides is 3. The first-order valence-electron chi connectivity index (χ1n) is 10.5. The van der Waals surface area contributed by atoms with Crippen LogP contribution in [-0.2, 0) is 22.3 Å². The Kier molecular flexibility index (Phi) is 7.80. The molecule has 1 aliphatic rings. The zero-order valence-electron chi connectivity index (χ0n) is 18.1. The maximum Gasteiger partial charge on any atom is 0.416 e. The predicted octanol–water partition coefficient (Wildman–Crippen LogP) is 6.47. The molecule has 1 saturated heterocycles. The molecule has 0 radical (unpaired) electrons. The average molecular weight is 609 g/mol. The smallest absolute Gasteiger partial charge is 0.326 e. The minimum absolute atomic E-state index is 0.0627. The van der Waals surface area contributed by atoms with Gasteiger partial charge in [-0.1, -0.05) is 42.1 Å². The van der Waals surface area contributed by atoms with Gasteiger partial charge in [-0.25, -0.2) is 4.99 Å². The number of aliphatic imine (C=N–C) groups is 1. The van der Waals surface area contributed by atoms with Gasteiger partial charge >= 0.3 is 6.18 Å². The third-order valence-electron chi connectivity index (χ3n) is 5.12. The number of amides is 2. The van der Waals surface area contributed by atoms with Gasteiger partial charge in [0.1, 0.15) is 5.25 Å². The van der Waals surface area contributed by atoms with E-state index in [0.717, 1.165) is 33.0 Å². The number of hydrogen-bond acceptors (Lipinski definition) is 4. The number of nitrogens with zero attached hydrogens (tertiary/aromatic N) is 2. The van der Waals surface area contributed by atoms with E-state index < -0.39 is 17.0 Å². The number of anilines is 1. The molecule has 1 atom stereocenters. The molecule has 0 bridgehead atoms. The molecule has 3 aromatic rings. The summed E-state index contributed by atoms with van der Waals surface area (Å²) in [6.45, 7) is 0.237. The maximum atomic E-state index is 13.2. The van der Waals surface area contributed by atoms with Crippen molar-refractivity contribution in [1.29, 1.82) is 0 Å². The lowest BCUT2D eigenvalue weighted by molar-refractivity contribution is -0.137. The molecule has 2 amide bonds. The van der Waals surface area contributed by atoms with Gasteiger partial charge in [0.25, 0.3) is 0 Å². The molecule has 0 saturated carbocycles. The molecule has 0 unspecified atom stereocenters. The molecule has 1 aliphatic heterocycles. The first-order valence-corrected chi connectivity index (χ1v) is 12.5. The van der Waals surface area contributed by atoms with Crippen LogP contribution in [-0.4, -0.2) is 27.1 Å². The van der Waals surface area contributed by atoms with E-state index >= 15 is 0 Å². The molecule has 10 heteroatoms. The fraction of sp³-hybridized carbons (Fsp3) is 0.160. The number of carbonyl (C=O) groups is 2. The monoisotopic (exact) mass is 609 g/mol. The quantitative estimate of drug-likeness (QED) is 0.326. The summed E-state index contributed by atoms with van der Waals surface area (Å²) in [6.07, 6.45) is -4.51. The Morgan fingerprint density at radius 1 is 1.00 bits per heavy atom. The number of halogens is 4. The summed E-state index contributed by atoms with van der Waals surface area (Å²) in [4.78, 5) is 31.8. The highest BCUT2D eigenvalue weighted by Crippen LogP contribution is 2.34. The topological polar surface area (TPSA) is 61.8 Å². The molecule has 180 valence electrons. The molecule has 1 fully saturated rings. The van der Waals surface area contributed by atoms with E-state index in [1.807, 2.05) is 42.5 Å². The Morgan fingerprint density at radius 3 is 2.29 bits per heavy atom. The number of thioether (sulfide) groups is 1. The van der Waals surface area contributed by atoms with Gasteiger partial charge < -0.3 is 5.32 Å². The van der Waals surface area contributed by atoms with E-state index in [2.05, 4.69) is 32.9 Å². The fourth-order valence-corrected chi connectivity index (χ4v) is 4.90. The van der Waals surface area contributed by atoms with Crippen molar-refractivity contribution < 1.29 is 22.8 Å². The summed E-state index contributed by atoms with van der Waals surface area (Å²) in [5.74, 6) is -0.588. The van der Waals surface area contributed by atoms with Crippen molar-refractivity contribution in [2.75, 3.05) is 5.32 Å². The van der Waals surface area contributed by atoms with Crippen molar-refractivity contribution in [1.82, 2.24) is 4.90 Å². The lowest BCUT2D eigenvalue weighted by Crippen LogP contribution is -2.33. The molecule has 0 spiro atoms. The normalized spacial score (nSPS) is 17.1. The highest BCUT2D eigenvalue weighted by molar-refractivity contribution is 14.1. The fourth-order valence-electron chi connectivity index (χ4n) is 3.39. The van der Waals surface area contributed by atoms with Crippen LogP contribution in [0.15, 0.2) is 83.9 Å². The van der Waals surface area contributed by atoms with Crippen molar-refractivity contribution in [3.8, 4) is 0 Å². The Morgan fingerprint density at radius 2 is 1.66 bits per heavy atom. The number of hydrogen-bond donors (Lipinski definition) is 1. The third kappa shape index (κ3) is 6.63. The van der Waals surface area contributed by atoms with Crippen LogP contribution in [0.25, 0.3) is 0 Å². The number of amidine groups is 1. The van der Waals surface area contributed by atoms with E-state index in [9.17, 15) is 22.8 Å². The Bertz CT molecular complexity index is 1230. The molecule has 5 nitrogen and oxygen atoms in total. The second-order valence-corrected chi connectivity index (χ2v) is 10.1. The summed E-state index contributed by atoms with van der Waals surface area (Å²) in [6, 6.07) is 21.0. The van der Waals surface area contributed by atoms with Crippen molar-refractivity contribution in [3.63, 3.8) is 0 Å². The average Bonchev–Trinajstić information content (AvgIpc) is 3.09. The van der Waals surface area contributed by atoms with Crippen LogP contribution in [0.5, 0.6) is 0 Å². The largest absolute Gasteiger partial charge is 0.416 e. The highest BCUT2D eigenvalue weighted by Gasteiger charge is 2.39. The molecule has 35 heavy (non-hydrogen) atoms. The van der Waals surface area contributed by atoms with Gasteiger partial charge in [-0.3, -0.25) is 14.5 Å². The summed E-state index contributed by atoms with van der Waals surface area (Å²) < 4.78 is 39.7. The predicted molar refractivity (Wildman–Crippen MR) is 139 cm³/mol. The molecule has 0 aliphatic carbocycles. The number of benzene rings is 3. The SMILES string of the molecule is O=C(C[C@@H]1SC(=Nc2ccc(C(F)(F)F)cc2)N(Cc2ccccc2)C1=O)Nc1ccc(I)cc1. The zero-order valence-corrected chi connectivity index (χ0v) is 21.1. The van der Waals surface area contributed by atoms with E-state index in [-0.39, 0.29) is 30.5 Å².